The number of allylic oxidation sites excluding steroid dienone is 1. The van der Waals surface area contributed by atoms with Gasteiger partial charge in [0.05, 0.1) is 35.4 Å². The first-order chi connectivity index (χ1) is 10.4. The molecule has 22 heavy (non-hydrogen) atoms. The maximum Gasteiger partial charge on any atom is 0.189 e. The van der Waals surface area contributed by atoms with Crippen LogP contribution in [0.3, 0.4) is 0 Å². The van der Waals surface area contributed by atoms with Crippen LogP contribution in [0.25, 0.3) is 6.08 Å². The van der Waals surface area contributed by atoms with Crippen LogP contribution in [0.5, 0.6) is 5.75 Å². The van der Waals surface area contributed by atoms with Crippen LogP contribution in [0.15, 0.2) is 28.7 Å². The molecule has 0 saturated carbocycles. The van der Waals surface area contributed by atoms with Crippen molar-refractivity contribution in [3.8, 4) is 5.75 Å². The fraction of sp³-hybridized carbons (Fsp3) is 0.235. The second-order valence-electron chi connectivity index (χ2n) is 4.91. The molecule has 0 spiro atoms. The van der Waals surface area contributed by atoms with Gasteiger partial charge < -0.3 is 4.74 Å². The van der Waals surface area contributed by atoms with Crippen molar-refractivity contribution in [3.05, 3.63) is 57.1 Å². The van der Waals surface area contributed by atoms with Gasteiger partial charge in [-0.1, -0.05) is 15.9 Å². The fourth-order valence-electron chi connectivity index (χ4n) is 2.00. The van der Waals surface area contributed by atoms with E-state index in [4.69, 9.17) is 4.74 Å². The van der Waals surface area contributed by atoms with Gasteiger partial charge in [-0.2, -0.15) is 0 Å². The third-order valence-corrected chi connectivity index (χ3v) is 3.83. The molecular formula is C17H17BrN2O2. The number of rotatable bonds is 4. The van der Waals surface area contributed by atoms with E-state index in [-0.39, 0.29) is 5.78 Å². The molecule has 2 rings (SSSR count). The predicted octanol–water partition coefficient (Wildman–Crippen LogP) is 4.07. The molecule has 0 bridgehead atoms. The Kier molecular flexibility index (Phi) is 5.08. The van der Waals surface area contributed by atoms with Gasteiger partial charge >= 0.3 is 0 Å². The summed E-state index contributed by atoms with van der Waals surface area (Å²) in [5, 5.41) is 0. The molecule has 0 aliphatic rings. The molecule has 0 fully saturated rings. The van der Waals surface area contributed by atoms with Crippen LogP contribution in [0.1, 0.15) is 33.1 Å². The fourth-order valence-corrected chi connectivity index (χ4v) is 2.34. The van der Waals surface area contributed by atoms with E-state index in [9.17, 15) is 4.79 Å². The van der Waals surface area contributed by atoms with E-state index in [2.05, 4.69) is 25.9 Å². The highest BCUT2D eigenvalue weighted by molar-refractivity contribution is 9.10. The van der Waals surface area contributed by atoms with Gasteiger partial charge in [0.25, 0.3) is 0 Å². The topological polar surface area (TPSA) is 52.1 Å². The first-order valence-electron chi connectivity index (χ1n) is 6.80. The molecule has 114 valence electrons. The Morgan fingerprint density at radius 2 is 1.82 bits per heavy atom. The summed E-state index contributed by atoms with van der Waals surface area (Å²) in [5.74, 6) is 0.399. The Morgan fingerprint density at radius 3 is 2.50 bits per heavy atom. The number of aryl methyl sites for hydroxylation is 3. The third kappa shape index (κ3) is 3.60. The van der Waals surface area contributed by atoms with Crippen molar-refractivity contribution in [1.29, 1.82) is 0 Å². The van der Waals surface area contributed by atoms with Crippen molar-refractivity contribution in [2.75, 3.05) is 7.11 Å². The van der Waals surface area contributed by atoms with Gasteiger partial charge in [0, 0.05) is 4.47 Å². The molecule has 0 N–H and O–H groups in total. The number of ether oxygens (including phenoxy) is 1. The van der Waals surface area contributed by atoms with E-state index in [1.165, 1.54) is 6.08 Å². The van der Waals surface area contributed by atoms with Gasteiger partial charge in [-0.3, -0.25) is 9.78 Å². The molecule has 5 heteroatoms. The zero-order valence-corrected chi connectivity index (χ0v) is 14.6. The lowest BCUT2D eigenvalue weighted by Crippen LogP contribution is -2.01. The van der Waals surface area contributed by atoms with E-state index in [0.717, 1.165) is 21.6 Å². The number of methoxy groups -OCH3 is 1. The minimum Gasteiger partial charge on any atom is -0.496 e. The third-order valence-electron chi connectivity index (χ3n) is 3.34. The molecule has 0 aliphatic carbocycles. The van der Waals surface area contributed by atoms with Gasteiger partial charge in [-0.15, -0.1) is 0 Å². The highest BCUT2D eigenvalue weighted by Gasteiger charge is 2.10. The zero-order valence-electron chi connectivity index (χ0n) is 13.0. The Balaban J connectivity index is 2.31. The van der Waals surface area contributed by atoms with Gasteiger partial charge in [-0.05, 0) is 51.1 Å². The molecule has 0 amide bonds. The molecular weight excluding hydrogens is 344 g/mol. The summed E-state index contributed by atoms with van der Waals surface area (Å²) < 4.78 is 6.11. The minimum absolute atomic E-state index is 0.135. The van der Waals surface area contributed by atoms with Crippen LogP contribution in [-0.2, 0) is 0 Å². The number of halogens is 1. The first-order valence-corrected chi connectivity index (χ1v) is 7.59. The zero-order chi connectivity index (χ0) is 16.3. The Bertz CT molecular complexity index is 755. The molecule has 0 atom stereocenters. The number of hydrogen-bond acceptors (Lipinski definition) is 4. The van der Waals surface area contributed by atoms with E-state index in [0.29, 0.717) is 17.0 Å². The largest absolute Gasteiger partial charge is 0.496 e. The normalized spacial score (nSPS) is 11.0. The highest BCUT2D eigenvalue weighted by atomic mass is 79.9. The smallest absolute Gasteiger partial charge is 0.189 e. The van der Waals surface area contributed by atoms with Crippen LogP contribution in [0.4, 0.5) is 0 Å². The molecule has 1 heterocycles. The van der Waals surface area contributed by atoms with Crippen molar-refractivity contribution in [1.82, 2.24) is 9.97 Å². The number of nitrogens with zero attached hydrogens (tertiary/aromatic N) is 2. The summed E-state index contributed by atoms with van der Waals surface area (Å²) in [6, 6.07) is 5.31. The summed E-state index contributed by atoms with van der Waals surface area (Å²) in [7, 11) is 1.54. The van der Waals surface area contributed by atoms with Crippen LogP contribution < -0.4 is 4.74 Å². The average molecular weight is 361 g/mol. The Labute approximate surface area is 138 Å². The van der Waals surface area contributed by atoms with E-state index < -0.39 is 0 Å². The van der Waals surface area contributed by atoms with Gasteiger partial charge in [-0.25, -0.2) is 4.98 Å². The van der Waals surface area contributed by atoms with Crippen LogP contribution in [0.2, 0.25) is 0 Å². The number of ketones is 1. The maximum absolute atomic E-state index is 12.3. The van der Waals surface area contributed by atoms with Crippen molar-refractivity contribution < 1.29 is 9.53 Å². The van der Waals surface area contributed by atoms with Crippen molar-refractivity contribution in [2.24, 2.45) is 0 Å². The number of benzene rings is 1. The molecule has 0 saturated heterocycles. The lowest BCUT2D eigenvalue weighted by atomic mass is 10.1. The van der Waals surface area contributed by atoms with Crippen molar-refractivity contribution in [2.45, 2.75) is 20.8 Å². The molecule has 0 unspecified atom stereocenters. The van der Waals surface area contributed by atoms with Crippen molar-refractivity contribution >= 4 is 27.8 Å². The predicted molar refractivity (Wildman–Crippen MR) is 90.3 cm³/mol. The van der Waals surface area contributed by atoms with E-state index >= 15 is 0 Å². The summed E-state index contributed by atoms with van der Waals surface area (Å²) in [6.07, 6.45) is 3.19. The van der Waals surface area contributed by atoms with E-state index in [1.807, 2.05) is 26.8 Å². The SMILES string of the molecule is COc1cc(Br)ccc1C(=O)/C=C/c1nc(C)c(C)nc1C. The summed E-state index contributed by atoms with van der Waals surface area (Å²) in [4.78, 5) is 21.2. The lowest BCUT2D eigenvalue weighted by Gasteiger charge is -2.06. The summed E-state index contributed by atoms with van der Waals surface area (Å²) in [5.41, 5.74) is 3.77. The first kappa shape index (κ1) is 16.4. The quantitative estimate of drug-likeness (QED) is 0.609. The monoisotopic (exact) mass is 360 g/mol. The molecule has 4 nitrogen and oxygen atoms in total. The molecule has 0 radical (unpaired) electrons. The maximum atomic E-state index is 12.3. The number of aromatic nitrogens is 2. The molecule has 2 aromatic rings. The second kappa shape index (κ2) is 6.83. The Hall–Kier alpha value is -2.01. The molecule has 1 aromatic heterocycles. The number of hydrogen-bond donors (Lipinski definition) is 0. The molecule has 0 aliphatic heterocycles. The average Bonchev–Trinajstić information content (AvgIpc) is 2.49. The highest BCUT2D eigenvalue weighted by Crippen LogP contribution is 2.24. The lowest BCUT2D eigenvalue weighted by molar-refractivity contribution is 0.104. The van der Waals surface area contributed by atoms with Crippen LogP contribution >= 0.6 is 15.9 Å². The summed E-state index contributed by atoms with van der Waals surface area (Å²) >= 11 is 3.36. The van der Waals surface area contributed by atoms with Gasteiger partial charge in [0.1, 0.15) is 5.75 Å². The van der Waals surface area contributed by atoms with E-state index in [1.54, 1.807) is 25.3 Å². The van der Waals surface area contributed by atoms with Crippen LogP contribution in [0, 0.1) is 20.8 Å². The Morgan fingerprint density at radius 1 is 1.14 bits per heavy atom. The minimum atomic E-state index is -0.135. The van der Waals surface area contributed by atoms with Crippen LogP contribution in [-0.4, -0.2) is 22.9 Å². The standard InChI is InChI=1S/C17H17BrN2O2/c1-10-11(2)20-15(12(3)19-10)7-8-16(21)14-6-5-13(18)9-17(14)22-4/h5-9H,1-4H3/b8-7+. The van der Waals surface area contributed by atoms with Gasteiger partial charge in [0.15, 0.2) is 5.78 Å². The number of carbonyl (C=O) groups is 1. The second-order valence-corrected chi connectivity index (χ2v) is 5.82. The van der Waals surface area contributed by atoms with Gasteiger partial charge in [0.2, 0.25) is 0 Å². The molecule has 1 aromatic carbocycles. The summed E-state index contributed by atoms with van der Waals surface area (Å²) in [6.45, 7) is 5.70. The van der Waals surface area contributed by atoms with Crippen molar-refractivity contribution in [3.63, 3.8) is 0 Å². The number of carbonyl (C=O) groups excluding carboxylic acids is 1.